The van der Waals surface area contributed by atoms with Gasteiger partial charge in [-0.25, -0.2) is 4.98 Å². The van der Waals surface area contributed by atoms with Crippen LogP contribution in [0.5, 0.6) is 0 Å². The molecule has 1 aromatic rings. The van der Waals surface area contributed by atoms with Gasteiger partial charge in [0.25, 0.3) is 0 Å². The quantitative estimate of drug-likeness (QED) is 0.667. The number of ether oxygens (including phenoxy) is 3. The molecular formula is C19H31BrN2O3. The second-order valence-corrected chi connectivity index (χ2v) is 7.53. The van der Waals surface area contributed by atoms with Crippen molar-refractivity contribution in [1.29, 1.82) is 0 Å². The molecule has 0 unspecified atom stereocenters. The molecule has 2 fully saturated rings. The third kappa shape index (κ3) is 7.60. The molecule has 1 aromatic heterocycles. The summed E-state index contributed by atoms with van der Waals surface area (Å²) in [4.78, 5) is 6.83. The molecule has 0 atom stereocenters. The van der Waals surface area contributed by atoms with Crippen LogP contribution in [0.15, 0.2) is 22.8 Å². The van der Waals surface area contributed by atoms with Crippen molar-refractivity contribution in [2.75, 3.05) is 39.0 Å². The minimum atomic E-state index is 0.389. The Labute approximate surface area is 160 Å². The van der Waals surface area contributed by atoms with Gasteiger partial charge in [-0.1, -0.05) is 35.2 Å². The molecule has 1 aliphatic heterocycles. The fourth-order valence-corrected chi connectivity index (χ4v) is 3.70. The Morgan fingerprint density at radius 3 is 2.24 bits per heavy atom. The number of nitrogens with zero attached hydrogens (tertiary/aromatic N) is 2. The summed E-state index contributed by atoms with van der Waals surface area (Å²) in [5.41, 5.74) is 0. The third-order valence-corrected chi connectivity index (χ3v) is 5.14. The van der Waals surface area contributed by atoms with Crippen molar-refractivity contribution in [3.63, 3.8) is 0 Å². The zero-order chi connectivity index (χ0) is 17.9. The number of hydrogen-bond acceptors (Lipinski definition) is 5. The van der Waals surface area contributed by atoms with Gasteiger partial charge in [-0.2, -0.15) is 0 Å². The van der Waals surface area contributed by atoms with E-state index in [1.165, 1.54) is 32.1 Å². The van der Waals surface area contributed by atoms with Gasteiger partial charge >= 0.3 is 0 Å². The SMILES string of the molecule is Brc1ccnc(N2CCC(OC3CCCCC3)CC2)c1.COCOC. The summed E-state index contributed by atoms with van der Waals surface area (Å²) < 4.78 is 16.3. The number of rotatable bonds is 5. The molecular weight excluding hydrogens is 384 g/mol. The molecule has 2 heterocycles. The van der Waals surface area contributed by atoms with Crippen LogP contribution in [0.25, 0.3) is 0 Å². The molecule has 0 amide bonds. The van der Waals surface area contributed by atoms with E-state index in [2.05, 4.69) is 41.4 Å². The number of halogens is 1. The number of piperidine rings is 1. The summed E-state index contributed by atoms with van der Waals surface area (Å²) in [6.45, 7) is 2.50. The lowest BCUT2D eigenvalue weighted by molar-refractivity contribution is -0.0395. The molecule has 1 saturated carbocycles. The molecule has 1 saturated heterocycles. The Bertz CT molecular complexity index is 473. The van der Waals surface area contributed by atoms with Crippen molar-refractivity contribution >= 4 is 21.7 Å². The van der Waals surface area contributed by atoms with Crippen molar-refractivity contribution in [3.05, 3.63) is 22.8 Å². The van der Waals surface area contributed by atoms with Crippen LogP contribution in [0.3, 0.4) is 0 Å². The Hall–Kier alpha value is -0.690. The Balaban J connectivity index is 0.000000399. The molecule has 0 radical (unpaired) electrons. The highest BCUT2D eigenvalue weighted by molar-refractivity contribution is 9.10. The van der Waals surface area contributed by atoms with Gasteiger partial charge in [-0.15, -0.1) is 0 Å². The molecule has 0 N–H and O–H groups in total. The Kier molecular flexibility index (Phi) is 9.76. The highest BCUT2D eigenvalue weighted by Gasteiger charge is 2.24. The van der Waals surface area contributed by atoms with E-state index in [9.17, 15) is 0 Å². The monoisotopic (exact) mass is 414 g/mol. The lowest BCUT2D eigenvalue weighted by Gasteiger charge is -2.35. The van der Waals surface area contributed by atoms with Gasteiger partial charge in [0.05, 0.1) is 12.2 Å². The van der Waals surface area contributed by atoms with Crippen molar-refractivity contribution in [2.45, 2.75) is 57.2 Å². The van der Waals surface area contributed by atoms with Crippen LogP contribution < -0.4 is 4.90 Å². The lowest BCUT2D eigenvalue weighted by atomic mass is 9.97. The van der Waals surface area contributed by atoms with Crippen molar-refractivity contribution in [1.82, 2.24) is 4.98 Å². The third-order valence-electron chi connectivity index (χ3n) is 4.65. The van der Waals surface area contributed by atoms with Crippen LogP contribution in [-0.2, 0) is 14.2 Å². The Morgan fingerprint density at radius 1 is 1.04 bits per heavy atom. The number of aromatic nitrogens is 1. The number of pyridine rings is 1. The first-order valence-electron chi connectivity index (χ1n) is 9.22. The first-order valence-corrected chi connectivity index (χ1v) is 10.0. The molecule has 0 aromatic carbocycles. The fraction of sp³-hybridized carbons (Fsp3) is 0.737. The van der Waals surface area contributed by atoms with Gasteiger partial charge < -0.3 is 19.1 Å². The van der Waals surface area contributed by atoms with E-state index < -0.39 is 0 Å². The smallest absolute Gasteiger partial charge is 0.145 e. The topological polar surface area (TPSA) is 43.8 Å². The maximum absolute atomic E-state index is 6.28. The summed E-state index contributed by atoms with van der Waals surface area (Å²) in [5.74, 6) is 1.08. The lowest BCUT2D eigenvalue weighted by Crippen LogP contribution is -2.39. The first-order chi connectivity index (χ1) is 12.2. The van der Waals surface area contributed by atoms with E-state index in [0.29, 0.717) is 19.0 Å². The summed E-state index contributed by atoms with van der Waals surface area (Å²) in [6, 6.07) is 4.07. The minimum Gasteiger partial charge on any atom is -0.375 e. The van der Waals surface area contributed by atoms with E-state index in [1.54, 1.807) is 14.2 Å². The predicted octanol–water partition coefficient (Wildman–Crippen LogP) is 4.40. The van der Waals surface area contributed by atoms with Gasteiger partial charge in [0.15, 0.2) is 0 Å². The van der Waals surface area contributed by atoms with Gasteiger partial charge in [0, 0.05) is 38.0 Å². The molecule has 0 bridgehead atoms. The molecule has 0 spiro atoms. The van der Waals surface area contributed by atoms with Crippen molar-refractivity contribution in [3.8, 4) is 0 Å². The van der Waals surface area contributed by atoms with Crippen LogP contribution >= 0.6 is 15.9 Å². The standard InChI is InChI=1S/C16H23BrN2O.C3H8O2/c17-13-6-9-18-16(12-13)19-10-7-15(8-11-19)20-14-4-2-1-3-5-14;1-4-3-5-2/h6,9,12,14-15H,1-5,7-8,10-11H2;3H2,1-2H3. The van der Waals surface area contributed by atoms with Crippen LogP contribution in [0.2, 0.25) is 0 Å². The zero-order valence-electron chi connectivity index (χ0n) is 15.5. The molecule has 6 heteroatoms. The maximum atomic E-state index is 6.28. The van der Waals surface area contributed by atoms with Gasteiger partial charge in [0.2, 0.25) is 0 Å². The molecule has 25 heavy (non-hydrogen) atoms. The predicted molar refractivity (Wildman–Crippen MR) is 104 cm³/mol. The molecule has 3 rings (SSSR count). The average Bonchev–Trinajstić information content (AvgIpc) is 2.64. The van der Waals surface area contributed by atoms with Gasteiger partial charge in [-0.3, -0.25) is 0 Å². The average molecular weight is 415 g/mol. The normalized spacial score (nSPS) is 19.4. The maximum Gasteiger partial charge on any atom is 0.145 e. The zero-order valence-corrected chi connectivity index (χ0v) is 17.0. The number of methoxy groups -OCH3 is 2. The minimum absolute atomic E-state index is 0.389. The van der Waals surface area contributed by atoms with E-state index in [4.69, 9.17) is 4.74 Å². The molecule has 5 nitrogen and oxygen atoms in total. The largest absolute Gasteiger partial charge is 0.375 e. The summed E-state index contributed by atoms with van der Waals surface area (Å²) in [6.07, 6.45) is 11.8. The highest BCUT2D eigenvalue weighted by atomic mass is 79.9. The highest BCUT2D eigenvalue weighted by Crippen LogP contribution is 2.26. The van der Waals surface area contributed by atoms with E-state index in [0.717, 1.165) is 36.2 Å². The fourth-order valence-electron chi connectivity index (χ4n) is 3.38. The van der Waals surface area contributed by atoms with E-state index in [1.807, 2.05) is 12.3 Å². The van der Waals surface area contributed by atoms with Crippen LogP contribution in [0.1, 0.15) is 44.9 Å². The molecule has 1 aliphatic carbocycles. The van der Waals surface area contributed by atoms with Crippen LogP contribution in [-0.4, -0.2) is 51.3 Å². The van der Waals surface area contributed by atoms with Crippen molar-refractivity contribution in [2.24, 2.45) is 0 Å². The van der Waals surface area contributed by atoms with Gasteiger partial charge in [0.1, 0.15) is 12.6 Å². The first kappa shape index (κ1) is 20.6. The van der Waals surface area contributed by atoms with Crippen LogP contribution in [0.4, 0.5) is 5.82 Å². The molecule has 2 aliphatic rings. The Morgan fingerprint density at radius 2 is 1.68 bits per heavy atom. The van der Waals surface area contributed by atoms with Gasteiger partial charge in [-0.05, 0) is 37.8 Å². The number of anilines is 1. The van der Waals surface area contributed by atoms with Crippen molar-refractivity contribution < 1.29 is 14.2 Å². The van der Waals surface area contributed by atoms with Crippen LogP contribution in [0, 0.1) is 0 Å². The molecule has 142 valence electrons. The second kappa shape index (κ2) is 11.8. The number of hydrogen-bond donors (Lipinski definition) is 0. The van der Waals surface area contributed by atoms with E-state index in [-0.39, 0.29) is 0 Å². The summed E-state index contributed by atoms with van der Waals surface area (Å²) in [5, 5.41) is 0. The van der Waals surface area contributed by atoms with E-state index >= 15 is 0 Å². The summed E-state index contributed by atoms with van der Waals surface area (Å²) >= 11 is 3.52. The summed E-state index contributed by atoms with van der Waals surface area (Å²) in [7, 11) is 3.17. The second-order valence-electron chi connectivity index (χ2n) is 6.61.